The van der Waals surface area contributed by atoms with Gasteiger partial charge >= 0.3 is 5.97 Å². The molecule has 4 nitrogen and oxygen atoms in total. The molecule has 1 aliphatic rings. The summed E-state index contributed by atoms with van der Waals surface area (Å²) in [6.07, 6.45) is 3.27. The lowest BCUT2D eigenvalue weighted by Crippen LogP contribution is -2.45. The molecule has 1 saturated carbocycles. The number of carbonyl (C=O) groups excluding carboxylic acids is 1. The van der Waals surface area contributed by atoms with Crippen LogP contribution in [-0.2, 0) is 9.59 Å². The van der Waals surface area contributed by atoms with Crippen molar-refractivity contribution in [3.05, 3.63) is 0 Å². The van der Waals surface area contributed by atoms with Gasteiger partial charge in [0.15, 0.2) is 0 Å². The fraction of sp³-hybridized carbons (Fsp3) is 0.867. The number of hydrogen-bond donors (Lipinski definition) is 2. The molecule has 1 amide bonds. The number of carboxylic acid groups (broad SMARTS) is 1. The molecule has 110 valence electrons. The van der Waals surface area contributed by atoms with E-state index >= 15 is 0 Å². The van der Waals surface area contributed by atoms with Crippen LogP contribution in [0.4, 0.5) is 0 Å². The van der Waals surface area contributed by atoms with Gasteiger partial charge < -0.3 is 10.4 Å². The molecule has 2 atom stereocenters. The summed E-state index contributed by atoms with van der Waals surface area (Å²) >= 11 is 0. The topological polar surface area (TPSA) is 66.4 Å². The molecular weight excluding hydrogens is 242 g/mol. The highest BCUT2D eigenvalue weighted by Gasteiger charge is 2.41. The summed E-state index contributed by atoms with van der Waals surface area (Å²) in [5.74, 6) is -1.12. The molecule has 2 N–H and O–H groups in total. The normalized spacial score (nSPS) is 25.1. The van der Waals surface area contributed by atoms with Crippen LogP contribution in [0.1, 0.15) is 60.3 Å². The molecule has 1 fully saturated rings. The molecule has 0 aliphatic heterocycles. The Morgan fingerprint density at radius 1 is 1.42 bits per heavy atom. The molecule has 4 heteroatoms. The van der Waals surface area contributed by atoms with E-state index in [-0.39, 0.29) is 29.7 Å². The third kappa shape index (κ3) is 3.48. The Kier molecular flexibility index (Phi) is 4.64. The minimum absolute atomic E-state index is 0.0482. The second kappa shape index (κ2) is 5.51. The van der Waals surface area contributed by atoms with E-state index in [0.717, 1.165) is 19.3 Å². The molecule has 0 heterocycles. The first-order valence-corrected chi connectivity index (χ1v) is 7.12. The molecule has 0 bridgehead atoms. The summed E-state index contributed by atoms with van der Waals surface area (Å²) in [6, 6.07) is 0.171. The van der Waals surface area contributed by atoms with E-state index in [0.29, 0.717) is 0 Å². The molecule has 19 heavy (non-hydrogen) atoms. The van der Waals surface area contributed by atoms with E-state index in [1.165, 1.54) is 0 Å². The van der Waals surface area contributed by atoms with Crippen LogP contribution in [0.15, 0.2) is 0 Å². The predicted octanol–water partition coefficient (Wildman–Crippen LogP) is 2.82. The van der Waals surface area contributed by atoms with Gasteiger partial charge in [-0.25, -0.2) is 0 Å². The van der Waals surface area contributed by atoms with E-state index in [1.807, 2.05) is 13.8 Å². The Morgan fingerprint density at radius 3 is 2.37 bits per heavy atom. The van der Waals surface area contributed by atoms with Gasteiger partial charge in [-0.05, 0) is 31.1 Å². The Bertz CT molecular complexity index is 362. The molecule has 2 unspecified atom stereocenters. The molecule has 1 rings (SSSR count). The van der Waals surface area contributed by atoms with Crippen LogP contribution in [0.5, 0.6) is 0 Å². The second-order valence-corrected chi connectivity index (χ2v) is 7.06. The number of carbonyl (C=O) groups is 2. The molecule has 0 saturated heterocycles. The van der Waals surface area contributed by atoms with Crippen molar-refractivity contribution in [3.8, 4) is 0 Å². The zero-order chi connectivity index (χ0) is 14.8. The number of amides is 1. The first-order valence-electron chi connectivity index (χ1n) is 7.12. The van der Waals surface area contributed by atoms with Gasteiger partial charge in [0.1, 0.15) is 0 Å². The Labute approximate surface area is 116 Å². The van der Waals surface area contributed by atoms with E-state index < -0.39 is 11.4 Å². The summed E-state index contributed by atoms with van der Waals surface area (Å²) in [5, 5.41) is 12.4. The van der Waals surface area contributed by atoms with E-state index in [2.05, 4.69) is 19.2 Å². The Hall–Kier alpha value is -1.06. The number of rotatable bonds is 5. The van der Waals surface area contributed by atoms with Crippen molar-refractivity contribution in [2.24, 2.45) is 16.7 Å². The zero-order valence-corrected chi connectivity index (χ0v) is 12.7. The number of carboxylic acids is 1. The number of nitrogens with one attached hydrogen (secondary N) is 1. The smallest absolute Gasteiger partial charge is 0.310 e. The highest BCUT2D eigenvalue weighted by atomic mass is 16.4. The summed E-state index contributed by atoms with van der Waals surface area (Å²) in [4.78, 5) is 23.5. The van der Waals surface area contributed by atoms with E-state index in [9.17, 15) is 14.7 Å². The van der Waals surface area contributed by atoms with E-state index in [4.69, 9.17) is 0 Å². The number of aliphatic carboxylic acids is 1. The van der Waals surface area contributed by atoms with Gasteiger partial charge in [0, 0.05) is 12.5 Å². The summed E-state index contributed by atoms with van der Waals surface area (Å²) in [5.41, 5.74) is -0.875. The molecule has 0 radical (unpaired) electrons. The maximum Gasteiger partial charge on any atom is 0.310 e. The monoisotopic (exact) mass is 269 g/mol. The van der Waals surface area contributed by atoms with Crippen LogP contribution in [0.2, 0.25) is 0 Å². The van der Waals surface area contributed by atoms with Gasteiger partial charge in [-0.15, -0.1) is 0 Å². The number of hydrogen-bond acceptors (Lipinski definition) is 2. The quantitative estimate of drug-likeness (QED) is 0.806. The van der Waals surface area contributed by atoms with Crippen molar-refractivity contribution in [2.45, 2.75) is 66.3 Å². The van der Waals surface area contributed by atoms with Crippen molar-refractivity contribution < 1.29 is 14.7 Å². The van der Waals surface area contributed by atoms with Gasteiger partial charge in [-0.1, -0.05) is 34.1 Å². The minimum Gasteiger partial charge on any atom is -0.481 e. The van der Waals surface area contributed by atoms with Gasteiger partial charge in [0.25, 0.3) is 0 Å². The molecular formula is C15H27NO3. The third-order valence-corrected chi connectivity index (χ3v) is 4.88. The van der Waals surface area contributed by atoms with Crippen molar-refractivity contribution in [2.75, 3.05) is 0 Å². The second-order valence-electron chi connectivity index (χ2n) is 7.06. The lowest BCUT2D eigenvalue weighted by molar-refractivity contribution is -0.153. The maximum absolute atomic E-state index is 12.1. The van der Waals surface area contributed by atoms with Crippen LogP contribution in [0, 0.1) is 16.7 Å². The fourth-order valence-corrected chi connectivity index (χ4v) is 2.70. The van der Waals surface area contributed by atoms with Gasteiger partial charge in [0.2, 0.25) is 5.91 Å². The van der Waals surface area contributed by atoms with Crippen LogP contribution in [0.25, 0.3) is 0 Å². The molecule has 0 aromatic rings. The predicted molar refractivity (Wildman–Crippen MR) is 74.8 cm³/mol. The SMILES string of the molecule is CC(C)C(C)(CC(=O)NC1CCCC1(C)C)C(=O)O. The van der Waals surface area contributed by atoms with Crippen molar-refractivity contribution in [3.63, 3.8) is 0 Å². The molecule has 0 spiro atoms. The molecule has 1 aliphatic carbocycles. The van der Waals surface area contributed by atoms with Gasteiger partial charge in [-0.2, -0.15) is 0 Å². The molecule has 0 aromatic carbocycles. The largest absolute Gasteiger partial charge is 0.481 e. The Morgan fingerprint density at radius 2 is 2.00 bits per heavy atom. The average molecular weight is 269 g/mol. The fourth-order valence-electron chi connectivity index (χ4n) is 2.70. The van der Waals surface area contributed by atoms with Crippen LogP contribution >= 0.6 is 0 Å². The van der Waals surface area contributed by atoms with Gasteiger partial charge in [0.05, 0.1) is 5.41 Å². The third-order valence-electron chi connectivity index (χ3n) is 4.88. The van der Waals surface area contributed by atoms with Crippen LogP contribution in [0.3, 0.4) is 0 Å². The standard InChI is InChI=1S/C15H27NO3/c1-10(2)15(5,13(18)19)9-12(17)16-11-7-6-8-14(11,3)4/h10-11H,6-9H2,1-5H3,(H,16,17)(H,18,19). The first-order chi connectivity index (χ1) is 8.59. The maximum atomic E-state index is 12.1. The average Bonchev–Trinajstić information content (AvgIpc) is 2.57. The summed E-state index contributed by atoms with van der Waals surface area (Å²) in [6.45, 7) is 9.66. The lowest BCUT2D eigenvalue weighted by atomic mass is 9.76. The summed E-state index contributed by atoms with van der Waals surface area (Å²) in [7, 11) is 0. The van der Waals surface area contributed by atoms with Crippen LogP contribution < -0.4 is 5.32 Å². The molecule has 0 aromatic heterocycles. The summed E-state index contributed by atoms with van der Waals surface area (Å²) < 4.78 is 0. The lowest BCUT2D eigenvalue weighted by Gasteiger charge is -2.31. The minimum atomic E-state index is -0.993. The van der Waals surface area contributed by atoms with Crippen molar-refractivity contribution >= 4 is 11.9 Å². The van der Waals surface area contributed by atoms with Crippen LogP contribution in [-0.4, -0.2) is 23.0 Å². The first kappa shape index (κ1) is 16.0. The van der Waals surface area contributed by atoms with E-state index in [1.54, 1.807) is 6.92 Å². The van der Waals surface area contributed by atoms with Gasteiger partial charge in [-0.3, -0.25) is 9.59 Å². The zero-order valence-electron chi connectivity index (χ0n) is 12.7. The highest BCUT2D eigenvalue weighted by Crippen LogP contribution is 2.38. The Balaban J connectivity index is 2.67. The van der Waals surface area contributed by atoms with Crippen molar-refractivity contribution in [1.29, 1.82) is 0 Å². The highest BCUT2D eigenvalue weighted by molar-refractivity contribution is 5.85. The van der Waals surface area contributed by atoms with Crippen molar-refractivity contribution in [1.82, 2.24) is 5.32 Å².